The molecule has 0 unspecified atom stereocenters. The van der Waals surface area contributed by atoms with Crippen molar-refractivity contribution >= 4 is 28.3 Å². The van der Waals surface area contributed by atoms with Crippen LogP contribution >= 0.6 is 11.3 Å². The van der Waals surface area contributed by atoms with Crippen molar-refractivity contribution < 1.29 is 14.3 Å². The van der Waals surface area contributed by atoms with Gasteiger partial charge in [-0.25, -0.2) is 9.67 Å². The van der Waals surface area contributed by atoms with Gasteiger partial charge in [-0.1, -0.05) is 11.3 Å². The van der Waals surface area contributed by atoms with Crippen molar-refractivity contribution in [3.05, 3.63) is 58.9 Å². The predicted octanol–water partition coefficient (Wildman–Crippen LogP) is 1.55. The predicted molar refractivity (Wildman–Crippen MR) is 108 cm³/mol. The van der Waals surface area contributed by atoms with E-state index < -0.39 is 5.91 Å². The molecular formula is C19H20N6O3S. The van der Waals surface area contributed by atoms with E-state index in [2.05, 4.69) is 25.8 Å². The Morgan fingerprint density at radius 3 is 2.52 bits per heavy atom. The summed E-state index contributed by atoms with van der Waals surface area (Å²) >= 11 is 1.31. The molecule has 150 valence electrons. The van der Waals surface area contributed by atoms with Crippen LogP contribution in [0.5, 0.6) is 0 Å². The van der Waals surface area contributed by atoms with Crippen molar-refractivity contribution in [3.8, 4) is 5.69 Å². The number of benzene rings is 1. The third kappa shape index (κ3) is 4.28. The Bertz CT molecular complexity index is 994. The van der Waals surface area contributed by atoms with E-state index >= 15 is 0 Å². The number of nitrogens with one attached hydrogen (secondary N) is 2. The Balaban J connectivity index is 1.36. The lowest BCUT2D eigenvalue weighted by Gasteiger charge is -2.25. The standard InChI is InChI=1S/C19H20N6O3S/c1-13-16(29-19(21-13)24-9-11-28-12-10-24)18(27)23-22-17(26)14-3-5-15(6-4-14)25-8-2-7-20-25/h2-8H,9-12H2,1H3,(H,22,26)(H,23,27). The third-order valence-electron chi connectivity index (χ3n) is 4.46. The van der Waals surface area contributed by atoms with E-state index in [-0.39, 0.29) is 5.91 Å². The van der Waals surface area contributed by atoms with Crippen molar-refractivity contribution in [2.24, 2.45) is 0 Å². The maximum atomic E-state index is 12.5. The van der Waals surface area contributed by atoms with E-state index in [1.807, 2.05) is 12.3 Å². The summed E-state index contributed by atoms with van der Waals surface area (Å²) in [6.07, 6.45) is 3.50. The largest absolute Gasteiger partial charge is 0.378 e. The second kappa shape index (κ2) is 8.41. The molecule has 0 radical (unpaired) electrons. The zero-order chi connectivity index (χ0) is 20.2. The van der Waals surface area contributed by atoms with Crippen LogP contribution in [0.2, 0.25) is 0 Å². The number of hydrogen-bond donors (Lipinski definition) is 2. The highest BCUT2D eigenvalue weighted by Crippen LogP contribution is 2.26. The fourth-order valence-corrected chi connectivity index (χ4v) is 3.93. The normalized spacial score (nSPS) is 13.9. The summed E-state index contributed by atoms with van der Waals surface area (Å²) in [5.74, 6) is -0.790. The average molecular weight is 412 g/mol. The Hall–Kier alpha value is -3.24. The van der Waals surface area contributed by atoms with Crippen molar-refractivity contribution in [1.82, 2.24) is 25.6 Å². The number of anilines is 1. The van der Waals surface area contributed by atoms with Crippen LogP contribution in [0.15, 0.2) is 42.7 Å². The van der Waals surface area contributed by atoms with Gasteiger partial charge < -0.3 is 9.64 Å². The Labute approximate surface area is 171 Å². The molecule has 29 heavy (non-hydrogen) atoms. The van der Waals surface area contributed by atoms with Gasteiger partial charge in [0, 0.05) is 31.0 Å². The summed E-state index contributed by atoms with van der Waals surface area (Å²) in [5.41, 5.74) is 6.82. The van der Waals surface area contributed by atoms with Gasteiger partial charge in [0.25, 0.3) is 11.8 Å². The van der Waals surface area contributed by atoms with E-state index in [0.717, 1.165) is 23.9 Å². The lowest BCUT2D eigenvalue weighted by Crippen LogP contribution is -2.41. The van der Waals surface area contributed by atoms with Crippen LogP contribution in [0.1, 0.15) is 25.7 Å². The number of ether oxygens (including phenoxy) is 1. The van der Waals surface area contributed by atoms with Crippen molar-refractivity contribution in [3.63, 3.8) is 0 Å². The summed E-state index contributed by atoms with van der Waals surface area (Å²) in [6, 6.07) is 8.74. The molecule has 0 saturated carbocycles. The number of carbonyl (C=O) groups excluding carboxylic acids is 2. The monoisotopic (exact) mass is 412 g/mol. The Kier molecular flexibility index (Phi) is 5.54. The summed E-state index contributed by atoms with van der Waals surface area (Å²) in [7, 11) is 0. The SMILES string of the molecule is Cc1nc(N2CCOCC2)sc1C(=O)NNC(=O)c1ccc(-n2cccn2)cc1. The number of carbonyl (C=O) groups is 2. The first-order valence-electron chi connectivity index (χ1n) is 9.13. The van der Waals surface area contributed by atoms with E-state index in [1.54, 1.807) is 42.1 Å². The minimum Gasteiger partial charge on any atom is -0.378 e. The summed E-state index contributed by atoms with van der Waals surface area (Å²) in [6.45, 7) is 4.58. The zero-order valence-corrected chi connectivity index (χ0v) is 16.6. The third-order valence-corrected chi connectivity index (χ3v) is 5.68. The fraction of sp³-hybridized carbons (Fsp3) is 0.263. The minimum absolute atomic E-state index is 0.388. The molecule has 1 aliphatic heterocycles. The maximum absolute atomic E-state index is 12.5. The first-order chi connectivity index (χ1) is 14.1. The van der Waals surface area contributed by atoms with Gasteiger partial charge in [0.15, 0.2) is 5.13 Å². The molecule has 10 heteroatoms. The topological polar surface area (TPSA) is 101 Å². The molecule has 1 aliphatic rings. The van der Waals surface area contributed by atoms with Crippen LogP contribution in [-0.4, -0.2) is 52.9 Å². The summed E-state index contributed by atoms with van der Waals surface area (Å²) in [4.78, 5) is 31.9. The number of nitrogens with zero attached hydrogens (tertiary/aromatic N) is 4. The number of hydrogen-bond acceptors (Lipinski definition) is 7. The zero-order valence-electron chi connectivity index (χ0n) is 15.8. The summed E-state index contributed by atoms with van der Waals surface area (Å²) < 4.78 is 7.04. The van der Waals surface area contributed by atoms with Crippen LogP contribution < -0.4 is 15.8 Å². The van der Waals surface area contributed by atoms with Gasteiger partial charge in [0.2, 0.25) is 0 Å². The molecule has 2 aromatic heterocycles. The molecule has 0 aliphatic carbocycles. The number of aromatic nitrogens is 3. The molecule has 3 heterocycles. The van der Waals surface area contributed by atoms with Crippen molar-refractivity contribution in [2.75, 3.05) is 31.2 Å². The number of rotatable bonds is 4. The molecular weight excluding hydrogens is 392 g/mol. The molecule has 0 atom stereocenters. The van der Waals surface area contributed by atoms with Crippen LogP contribution in [-0.2, 0) is 4.74 Å². The second-order valence-corrected chi connectivity index (χ2v) is 7.39. The molecule has 1 saturated heterocycles. The van der Waals surface area contributed by atoms with Gasteiger partial charge in [-0.05, 0) is 37.3 Å². The van der Waals surface area contributed by atoms with Gasteiger partial charge in [-0.15, -0.1) is 0 Å². The van der Waals surface area contributed by atoms with Crippen LogP contribution in [0.25, 0.3) is 5.69 Å². The highest BCUT2D eigenvalue weighted by molar-refractivity contribution is 7.17. The van der Waals surface area contributed by atoms with Crippen LogP contribution in [0.3, 0.4) is 0 Å². The van der Waals surface area contributed by atoms with Gasteiger partial charge in [0.05, 0.1) is 24.6 Å². The van der Waals surface area contributed by atoms with Crippen LogP contribution in [0, 0.1) is 6.92 Å². The van der Waals surface area contributed by atoms with Gasteiger partial charge in [-0.2, -0.15) is 5.10 Å². The number of thiazole rings is 1. The molecule has 2 N–H and O–H groups in total. The highest BCUT2D eigenvalue weighted by Gasteiger charge is 2.21. The van der Waals surface area contributed by atoms with Crippen LogP contribution in [0.4, 0.5) is 5.13 Å². The summed E-state index contributed by atoms with van der Waals surface area (Å²) in [5, 5.41) is 4.93. The van der Waals surface area contributed by atoms with E-state index in [1.165, 1.54) is 11.3 Å². The lowest BCUT2D eigenvalue weighted by atomic mass is 10.2. The first-order valence-corrected chi connectivity index (χ1v) is 9.94. The van der Waals surface area contributed by atoms with Gasteiger partial charge in [-0.3, -0.25) is 20.4 Å². The molecule has 4 rings (SSSR count). The van der Waals surface area contributed by atoms with Gasteiger partial charge in [0.1, 0.15) is 4.88 Å². The van der Waals surface area contributed by atoms with E-state index in [9.17, 15) is 9.59 Å². The lowest BCUT2D eigenvalue weighted by molar-refractivity contribution is 0.0848. The number of aryl methyl sites for hydroxylation is 1. The van der Waals surface area contributed by atoms with E-state index in [0.29, 0.717) is 29.3 Å². The molecule has 0 spiro atoms. The minimum atomic E-state index is -0.402. The number of amides is 2. The Morgan fingerprint density at radius 1 is 1.10 bits per heavy atom. The maximum Gasteiger partial charge on any atom is 0.281 e. The average Bonchev–Trinajstić information content (AvgIpc) is 3.43. The molecule has 1 fully saturated rings. The molecule has 9 nitrogen and oxygen atoms in total. The molecule has 2 amide bonds. The quantitative estimate of drug-likeness (QED) is 0.631. The molecule has 3 aromatic rings. The number of morpholine rings is 1. The molecule has 0 bridgehead atoms. The highest BCUT2D eigenvalue weighted by atomic mass is 32.1. The van der Waals surface area contributed by atoms with E-state index in [4.69, 9.17) is 4.74 Å². The fourth-order valence-electron chi connectivity index (χ4n) is 2.91. The number of hydrazine groups is 1. The first kappa shape index (κ1) is 19.1. The Morgan fingerprint density at radius 2 is 1.83 bits per heavy atom. The van der Waals surface area contributed by atoms with Crippen molar-refractivity contribution in [1.29, 1.82) is 0 Å². The van der Waals surface area contributed by atoms with Gasteiger partial charge >= 0.3 is 0 Å². The smallest absolute Gasteiger partial charge is 0.281 e. The van der Waals surface area contributed by atoms with Crippen molar-refractivity contribution in [2.45, 2.75) is 6.92 Å². The molecule has 1 aromatic carbocycles. The second-order valence-electron chi connectivity index (χ2n) is 6.42.